The highest BCUT2D eigenvalue weighted by Gasteiger charge is 2.14. The Morgan fingerprint density at radius 1 is 1.53 bits per heavy atom. The minimum Gasteiger partial charge on any atom is -0.383 e. The van der Waals surface area contributed by atoms with E-state index in [9.17, 15) is 9.18 Å². The second-order valence-electron chi connectivity index (χ2n) is 3.53. The molecule has 0 aliphatic rings. The zero-order chi connectivity index (χ0) is 12.4. The van der Waals surface area contributed by atoms with Gasteiger partial charge in [-0.15, -0.1) is 0 Å². The lowest BCUT2D eigenvalue weighted by atomic mass is 10.0. The van der Waals surface area contributed by atoms with Crippen molar-refractivity contribution in [1.82, 2.24) is 10.2 Å². The minimum atomic E-state index is -0.421. The number of carbonyl (C=O) groups excluding carboxylic acids is 1. The molecule has 0 radical (unpaired) electrons. The third kappa shape index (κ3) is 2.52. The van der Waals surface area contributed by atoms with Gasteiger partial charge in [-0.1, -0.05) is 22.0 Å². The highest BCUT2D eigenvalue weighted by atomic mass is 79.9. The molecule has 1 aromatic carbocycles. The molecule has 1 heterocycles. The van der Waals surface area contributed by atoms with Gasteiger partial charge >= 0.3 is 0 Å². The largest absolute Gasteiger partial charge is 0.383 e. The van der Waals surface area contributed by atoms with Crippen molar-refractivity contribution in [1.29, 1.82) is 0 Å². The fourth-order valence-electron chi connectivity index (χ4n) is 1.45. The number of nitrogens with one attached hydrogen (secondary N) is 1. The number of hydrogen-bond donors (Lipinski definition) is 2. The molecule has 2 aromatic rings. The van der Waals surface area contributed by atoms with Crippen LogP contribution in [0.2, 0.25) is 0 Å². The molecule has 2 rings (SSSR count). The van der Waals surface area contributed by atoms with Crippen molar-refractivity contribution >= 4 is 27.5 Å². The molecule has 0 saturated heterocycles. The van der Waals surface area contributed by atoms with Gasteiger partial charge in [0.05, 0.1) is 11.8 Å². The number of anilines is 1. The van der Waals surface area contributed by atoms with Crippen LogP contribution in [-0.2, 0) is 6.42 Å². The maximum absolute atomic E-state index is 13.5. The number of carbonyl (C=O) groups is 1. The number of aromatic amines is 1. The number of ketones is 1. The number of H-pyrrole nitrogens is 1. The molecule has 0 spiro atoms. The number of nitrogen functional groups attached to an aromatic ring is 1. The smallest absolute Gasteiger partial charge is 0.172 e. The maximum atomic E-state index is 13.5. The Morgan fingerprint density at radius 2 is 2.29 bits per heavy atom. The van der Waals surface area contributed by atoms with Crippen LogP contribution in [0.15, 0.2) is 28.9 Å². The van der Waals surface area contributed by atoms with Crippen molar-refractivity contribution in [3.8, 4) is 0 Å². The molecule has 1 aromatic heterocycles. The van der Waals surface area contributed by atoms with Gasteiger partial charge in [0.15, 0.2) is 5.78 Å². The molecule has 6 heteroatoms. The highest BCUT2D eigenvalue weighted by molar-refractivity contribution is 9.10. The summed E-state index contributed by atoms with van der Waals surface area (Å²) in [6, 6.07) is 4.57. The lowest BCUT2D eigenvalue weighted by Crippen LogP contribution is -2.06. The molecule has 0 fully saturated rings. The monoisotopic (exact) mass is 297 g/mol. The molecule has 0 bridgehead atoms. The fraction of sp³-hybridized carbons (Fsp3) is 0.0909. The van der Waals surface area contributed by atoms with Crippen molar-refractivity contribution in [3.05, 3.63) is 45.8 Å². The number of Topliss-reactive ketones (excluding diaryl/α,β-unsaturated/α-hetero) is 1. The molecule has 0 amide bonds. The first-order chi connectivity index (χ1) is 8.08. The maximum Gasteiger partial charge on any atom is 0.172 e. The molecule has 0 saturated carbocycles. The van der Waals surface area contributed by atoms with E-state index in [0.717, 1.165) is 0 Å². The molecule has 88 valence electrons. The molecule has 17 heavy (non-hydrogen) atoms. The zero-order valence-corrected chi connectivity index (χ0v) is 10.3. The van der Waals surface area contributed by atoms with Crippen molar-refractivity contribution in [2.24, 2.45) is 0 Å². The van der Waals surface area contributed by atoms with Crippen molar-refractivity contribution in [2.75, 3.05) is 5.73 Å². The van der Waals surface area contributed by atoms with Crippen LogP contribution in [0.3, 0.4) is 0 Å². The Labute approximate surface area is 105 Å². The number of aromatic nitrogens is 2. The Kier molecular flexibility index (Phi) is 3.23. The molecule has 0 aliphatic carbocycles. The van der Waals surface area contributed by atoms with Gasteiger partial charge < -0.3 is 5.73 Å². The first kappa shape index (κ1) is 11.8. The van der Waals surface area contributed by atoms with Crippen molar-refractivity contribution in [3.63, 3.8) is 0 Å². The molecule has 0 unspecified atom stereocenters. The average Bonchev–Trinajstić information content (AvgIpc) is 2.68. The molecule has 0 aliphatic heterocycles. The Hall–Kier alpha value is -1.69. The van der Waals surface area contributed by atoms with Crippen molar-refractivity contribution < 1.29 is 9.18 Å². The van der Waals surface area contributed by atoms with E-state index in [1.54, 1.807) is 12.1 Å². The van der Waals surface area contributed by atoms with Crippen LogP contribution in [0.1, 0.15) is 15.9 Å². The fourth-order valence-corrected chi connectivity index (χ4v) is 1.78. The van der Waals surface area contributed by atoms with Crippen LogP contribution in [0, 0.1) is 5.82 Å². The topological polar surface area (TPSA) is 71.8 Å². The van der Waals surface area contributed by atoms with Crippen LogP contribution in [-0.4, -0.2) is 16.0 Å². The summed E-state index contributed by atoms with van der Waals surface area (Å²) in [6.07, 6.45) is 1.30. The predicted molar refractivity (Wildman–Crippen MR) is 65.1 cm³/mol. The second kappa shape index (κ2) is 4.67. The van der Waals surface area contributed by atoms with Gasteiger partial charge in [0.25, 0.3) is 0 Å². The number of hydrogen-bond acceptors (Lipinski definition) is 3. The Morgan fingerprint density at radius 3 is 2.88 bits per heavy atom. The summed E-state index contributed by atoms with van der Waals surface area (Å²) >= 11 is 3.15. The van der Waals surface area contributed by atoms with E-state index in [1.165, 1.54) is 12.3 Å². The predicted octanol–water partition coefficient (Wildman–Crippen LogP) is 2.32. The van der Waals surface area contributed by atoms with Crippen molar-refractivity contribution in [2.45, 2.75) is 6.42 Å². The van der Waals surface area contributed by atoms with Gasteiger partial charge in [-0.05, 0) is 17.7 Å². The third-order valence-electron chi connectivity index (χ3n) is 2.34. The van der Waals surface area contributed by atoms with E-state index in [0.29, 0.717) is 10.0 Å². The lowest BCUT2D eigenvalue weighted by molar-refractivity contribution is 0.0992. The summed E-state index contributed by atoms with van der Waals surface area (Å²) in [7, 11) is 0. The summed E-state index contributed by atoms with van der Waals surface area (Å²) in [5.41, 5.74) is 6.13. The number of nitrogens with two attached hydrogens (primary N) is 1. The summed E-state index contributed by atoms with van der Waals surface area (Å²) in [6.45, 7) is 0. The highest BCUT2D eigenvalue weighted by Crippen LogP contribution is 2.18. The Balaban J connectivity index is 2.22. The van der Waals surface area contributed by atoms with Crippen LogP contribution >= 0.6 is 15.9 Å². The van der Waals surface area contributed by atoms with E-state index >= 15 is 0 Å². The van der Waals surface area contributed by atoms with E-state index in [1.807, 2.05) is 0 Å². The number of rotatable bonds is 3. The first-order valence-corrected chi connectivity index (χ1v) is 5.63. The van der Waals surface area contributed by atoms with E-state index in [4.69, 9.17) is 5.73 Å². The van der Waals surface area contributed by atoms with E-state index in [2.05, 4.69) is 26.1 Å². The molecule has 3 N–H and O–H groups in total. The SMILES string of the molecule is Nc1[nH]ncc1C(=O)Cc1ccc(Br)cc1F. The normalized spacial score (nSPS) is 10.5. The molecular weight excluding hydrogens is 289 g/mol. The average molecular weight is 298 g/mol. The van der Waals surface area contributed by atoms with E-state index in [-0.39, 0.29) is 23.6 Å². The van der Waals surface area contributed by atoms with E-state index < -0.39 is 5.82 Å². The Bertz CT molecular complexity index is 568. The summed E-state index contributed by atoms with van der Waals surface area (Å²) in [4.78, 5) is 11.8. The van der Waals surface area contributed by atoms with Gasteiger partial charge in [-0.25, -0.2) is 4.39 Å². The summed E-state index contributed by atoms with van der Waals surface area (Å²) in [5.74, 6) is -0.486. The first-order valence-electron chi connectivity index (χ1n) is 4.84. The lowest BCUT2D eigenvalue weighted by Gasteiger charge is -2.02. The van der Waals surface area contributed by atoms with Gasteiger partial charge in [-0.2, -0.15) is 5.10 Å². The second-order valence-corrected chi connectivity index (χ2v) is 4.45. The van der Waals surface area contributed by atoms with Crippen LogP contribution in [0.4, 0.5) is 10.2 Å². The standard InChI is InChI=1S/C11H9BrFN3O/c12-7-2-1-6(9(13)4-7)3-10(17)8-5-15-16-11(8)14/h1-2,4-5H,3H2,(H3,14,15,16). The van der Waals surface area contributed by atoms with Gasteiger partial charge in [0.2, 0.25) is 0 Å². The number of nitrogens with zero attached hydrogens (tertiary/aromatic N) is 1. The van der Waals surface area contributed by atoms with Crippen LogP contribution in [0.25, 0.3) is 0 Å². The molecule has 0 atom stereocenters. The van der Waals surface area contributed by atoms with Crippen LogP contribution < -0.4 is 5.73 Å². The minimum absolute atomic E-state index is 0.0388. The van der Waals surface area contributed by atoms with Gasteiger partial charge in [0, 0.05) is 10.9 Å². The van der Waals surface area contributed by atoms with Crippen LogP contribution in [0.5, 0.6) is 0 Å². The number of halogens is 2. The van der Waals surface area contributed by atoms with Gasteiger partial charge in [-0.3, -0.25) is 9.89 Å². The number of benzene rings is 1. The van der Waals surface area contributed by atoms with Gasteiger partial charge in [0.1, 0.15) is 11.6 Å². The summed E-state index contributed by atoms with van der Waals surface area (Å²) < 4.78 is 14.1. The molecule has 4 nitrogen and oxygen atoms in total. The summed E-state index contributed by atoms with van der Waals surface area (Å²) in [5, 5.41) is 6.11. The zero-order valence-electron chi connectivity index (χ0n) is 8.71. The third-order valence-corrected chi connectivity index (χ3v) is 2.83. The molecular formula is C11H9BrFN3O. The quantitative estimate of drug-likeness (QED) is 0.854.